The summed E-state index contributed by atoms with van der Waals surface area (Å²) in [5.74, 6) is 1.55. The lowest BCUT2D eigenvalue weighted by atomic mass is 9.65. The van der Waals surface area contributed by atoms with Gasteiger partial charge < -0.3 is 14.4 Å². The Morgan fingerprint density at radius 1 is 1.25 bits per heavy atom. The lowest BCUT2D eigenvalue weighted by Gasteiger charge is -2.46. The van der Waals surface area contributed by atoms with Gasteiger partial charge in [0.25, 0.3) is 0 Å². The largest absolute Gasteiger partial charge is 0.492 e. The molecule has 6 nitrogen and oxygen atoms in total. The standard InChI is InChI=1S/C21H32IN3O3/c1-20(2,3)28-19(26)25-11-9-21(10-12-25)7-4-16(5-8-21)6-13-27-17-14-18(22)24-23-15-17/h14-16H,4-13H2,1-3H3. The molecule has 2 fully saturated rings. The normalized spacial score (nSPS) is 20.2. The molecule has 28 heavy (non-hydrogen) atoms. The van der Waals surface area contributed by atoms with Crippen LogP contribution in [0.5, 0.6) is 5.75 Å². The van der Waals surface area contributed by atoms with Crippen LogP contribution in [-0.2, 0) is 4.74 Å². The Hall–Kier alpha value is -1.12. The molecule has 1 aromatic rings. The number of nitrogens with zero attached hydrogens (tertiary/aromatic N) is 3. The molecule has 0 N–H and O–H groups in total. The Morgan fingerprint density at radius 3 is 2.54 bits per heavy atom. The molecular weight excluding hydrogens is 469 g/mol. The number of amides is 1. The number of carbonyl (C=O) groups is 1. The van der Waals surface area contributed by atoms with Crippen molar-refractivity contribution in [3.05, 3.63) is 16.0 Å². The Bertz CT molecular complexity index is 659. The molecule has 156 valence electrons. The number of piperidine rings is 1. The third kappa shape index (κ3) is 6.19. The van der Waals surface area contributed by atoms with Gasteiger partial charge in [-0.25, -0.2) is 4.79 Å². The van der Waals surface area contributed by atoms with E-state index in [-0.39, 0.29) is 6.09 Å². The molecule has 2 heterocycles. The molecule has 0 bridgehead atoms. The molecule has 0 atom stereocenters. The molecule has 0 aromatic carbocycles. The van der Waals surface area contributed by atoms with Gasteiger partial charge in [0.1, 0.15) is 15.1 Å². The highest BCUT2D eigenvalue weighted by Crippen LogP contribution is 2.47. The van der Waals surface area contributed by atoms with E-state index in [0.717, 1.165) is 54.3 Å². The van der Waals surface area contributed by atoms with Crippen molar-refractivity contribution in [1.29, 1.82) is 0 Å². The fraction of sp³-hybridized carbons (Fsp3) is 0.762. The quantitative estimate of drug-likeness (QED) is 0.540. The molecular formula is C21H32IN3O3. The first-order valence-electron chi connectivity index (χ1n) is 10.3. The highest BCUT2D eigenvalue weighted by atomic mass is 127. The average Bonchev–Trinajstić information content (AvgIpc) is 2.63. The fourth-order valence-electron chi connectivity index (χ4n) is 4.32. The Balaban J connectivity index is 1.38. The van der Waals surface area contributed by atoms with E-state index in [9.17, 15) is 4.79 Å². The van der Waals surface area contributed by atoms with Gasteiger partial charge in [0, 0.05) is 19.2 Å². The van der Waals surface area contributed by atoms with Crippen LogP contribution in [0.2, 0.25) is 0 Å². The van der Waals surface area contributed by atoms with Gasteiger partial charge >= 0.3 is 6.09 Å². The molecule has 0 unspecified atom stereocenters. The molecule has 2 aliphatic rings. The van der Waals surface area contributed by atoms with Crippen LogP contribution in [0.4, 0.5) is 4.79 Å². The summed E-state index contributed by atoms with van der Waals surface area (Å²) in [6.07, 6.45) is 9.91. The average molecular weight is 501 g/mol. The maximum Gasteiger partial charge on any atom is 0.410 e. The molecule has 1 saturated carbocycles. The van der Waals surface area contributed by atoms with Crippen LogP contribution in [0.3, 0.4) is 0 Å². The maximum absolute atomic E-state index is 12.3. The highest BCUT2D eigenvalue weighted by molar-refractivity contribution is 14.1. The molecule has 1 aliphatic heterocycles. The van der Waals surface area contributed by atoms with Gasteiger partial charge in [-0.15, -0.1) is 5.10 Å². The third-order valence-electron chi connectivity index (χ3n) is 6.04. The van der Waals surface area contributed by atoms with Crippen molar-refractivity contribution in [3.63, 3.8) is 0 Å². The van der Waals surface area contributed by atoms with Crippen molar-refractivity contribution >= 4 is 28.7 Å². The zero-order valence-corrected chi connectivity index (χ0v) is 19.4. The monoisotopic (exact) mass is 501 g/mol. The number of aromatic nitrogens is 2. The molecule has 7 heteroatoms. The predicted molar refractivity (Wildman–Crippen MR) is 116 cm³/mol. The van der Waals surface area contributed by atoms with Crippen molar-refractivity contribution in [2.45, 2.75) is 71.3 Å². The number of hydrogen-bond acceptors (Lipinski definition) is 5. The van der Waals surface area contributed by atoms with Crippen molar-refractivity contribution in [2.24, 2.45) is 11.3 Å². The minimum absolute atomic E-state index is 0.159. The van der Waals surface area contributed by atoms with Gasteiger partial charge in [0.05, 0.1) is 12.8 Å². The van der Waals surface area contributed by atoms with Crippen molar-refractivity contribution < 1.29 is 14.3 Å². The van der Waals surface area contributed by atoms with Gasteiger partial charge in [-0.3, -0.25) is 0 Å². The van der Waals surface area contributed by atoms with Gasteiger partial charge in [0.15, 0.2) is 0 Å². The summed E-state index contributed by atoms with van der Waals surface area (Å²) in [6.45, 7) is 8.17. The summed E-state index contributed by atoms with van der Waals surface area (Å²) in [5, 5.41) is 7.87. The number of rotatable bonds is 4. The lowest BCUT2D eigenvalue weighted by Crippen LogP contribution is -2.46. The van der Waals surface area contributed by atoms with Crippen LogP contribution < -0.4 is 4.74 Å². The predicted octanol–water partition coefficient (Wildman–Crippen LogP) is 5.06. The minimum atomic E-state index is -0.420. The lowest BCUT2D eigenvalue weighted by molar-refractivity contribution is 0.000712. The summed E-state index contributed by atoms with van der Waals surface area (Å²) in [7, 11) is 0. The van der Waals surface area contributed by atoms with Crippen LogP contribution in [0.1, 0.15) is 65.7 Å². The van der Waals surface area contributed by atoms with Crippen molar-refractivity contribution in [1.82, 2.24) is 15.1 Å². The molecule has 1 aliphatic carbocycles. The Kier molecular flexibility index (Phi) is 7.04. The zero-order chi connectivity index (χ0) is 20.2. The molecule has 1 aromatic heterocycles. The van der Waals surface area contributed by atoms with Crippen LogP contribution in [0.25, 0.3) is 0 Å². The van der Waals surface area contributed by atoms with Crippen LogP contribution in [-0.4, -0.2) is 46.5 Å². The molecule has 1 amide bonds. The summed E-state index contributed by atoms with van der Waals surface area (Å²) in [6, 6.07) is 1.92. The van der Waals surface area contributed by atoms with E-state index in [1.165, 1.54) is 25.7 Å². The van der Waals surface area contributed by atoms with E-state index < -0.39 is 5.60 Å². The van der Waals surface area contributed by atoms with Crippen LogP contribution in [0, 0.1) is 15.0 Å². The smallest absolute Gasteiger partial charge is 0.410 e. The Labute approximate surface area is 181 Å². The van der Waals surface area contributed by atoms with Crippen LogP contribution >= 0.6 is 22.6 Å². The van der Waals surface area contributed by atoms with E-state index in [1.54, 1.807) is 6.20 Å². The molecule has 1 saturated heterocycles. The second-order valence-electron chi connectivity index (χ2n) is 9.26. The SMILES string of the molecule is CC(C)(C)OC(=O)N1CCC2(CCC(CCOc3cnnc(I)c3)CC2)CC1. The highest BCUT2D eigenvalue weighted by Gasteiger charge is 2.39. The zero-order valence-electron chi connectivity index (χ0n) is 17.2. The van der Waals surface area contributed by atoms with Crippen LogP contribution in [0.15, 0.2) is 12.3 Å². The summed E-state index contributed by atoms with van der Waals surface area (Å²) in [4.78, 5) is 14.2. The van der Waals surface area contributed by atoms with Crippen molar-refractivity contribution in [2.75, 3.05) is 19.7 Å². The number of halogens is 1. The Morgan fingerprint density at radius 2 is 1.93 bits per heavy atom. The number of carbonyl (C=O) groups excluding carboxylic acids is 1. The van der Waals surface area contributed by atoms with Gasteiger partial charge in [-0.05, 0) is 99.6 Å². The van der Waals surface area contributed by atoms with Crippen molar-refractivity contribution in [3.8, 4) is 5.75 Å². The molecule has 1 spiro atoms. The first-order valence-corrected chi connectivity index (χ1v) is 11.4. The molecule has 0 radical (unpaired) electrons. The minimum Gasteiger partial charge on any atom is -0.492 e. The van der Waals surface area contributed by atoms with E-state index in [2.05, 4.69) is 32.8 Å². The van der Waals surface area contributed by atoms with Gasteiger partial charge in [-0.1, -0.05) is 0 Å². The van der Waals surface area contributed by atoms with E-state index in [4.69, 9.17) is 9.47 Å². The van der Waals surface area contributed by atoms with Gasteiger partial charge in [-0.2, -0.15) is 5.10 Å². The second-order valence-corrected chi connectivity index (χ2v) is 10.4. The molecule has 3 rings (SSSR count). The summed E-state index contributed by atoms with van der Waals surface area (Å²) < 4.78 is 12.2. The first-order chi connectivity index (χ1) is 13.2. The van der Waals surface area contributed by atoms with E-state index >= 15 is 0 Å². The number of hydrogen-bond donors (Lipinski definition) is 0. The summed E-state index contributed by atoms with van der Waals surface area (Å²) in [5.41, 5.74) is 0.0119. The topological polar surface area (TPSA) is 64.5 Å². The summed E-state index contributed by atoms with van der Waals surface area (Å²) >= 11 is 2.15. The fourth-order valence-corrected chi connectivity index (χ4v) is 4.75. The van der Waals surface area contributed by atoms with E-state index in [0.29, 0.717) is 5.41 Å². The maximum atomic E-state index is 12.3. The van der Waals surface area contributed by atoms with Gasteiger partial charge in [0.2, 0.25) is 0 Å². The number of ether oxygens (including phenoxy) is 2. The second kappa shape index (κ2) is 9.13. The number of likely N-dealkylation sites (tertiary alicyclic amines) is 1. The van der Waals surface area contributed by atoms with E-state index in [1.807, 2.05) is 31.7 Å². The first kappa shape index (κ1) is 21.6. The third-order valence-corrected chi connectivity index (χ3v) is 6.56.